The maximum atomic E-state index is 12.6. The molecular weight excluding hydrogens is 653 g/mol. The largest absolute Gasteiger partial charge is 0.472 e. The maximum absolute atomic E-state index is 12.6. The zero-order valence-electron chi connectivity index (χ0n) is 33.1. The van der Waals surface area contributed by atoms with Crippen LogP contribution >= 0.6 is 7.82 Å². The summed E-state index contributed by atoms with van der Waals surface area (Å²) >= 11 is 0. The molecule has 0 fully saturated rings. The Morgan fingerprint density at radius 2 is 1.02 bits per heavy atom. The second-order valence-corrected chi connectivity index (χ2v) is 16.5. The number of quaternary nitrogens is 1. The van der Waals surface area contributed by atoms with E-state index in [9.17, 15) is 19.0 Å². The molecule has 0 spiro atoms. The quantitative estimate of drug-likeness (QED) is 0.0221. The Hall–Kier alpha value is -1.25. The van der Waals surface area contributed by atoms with Gasteiger partial charge in [-0.1, -0.05) is 142 Å². The van der Waals surface area contributed by atoms with Gasteiger partial charge in [0, 0.05) is 12.8 Å². The van der Waals surface area contributed by atoms with Gasteiger partial charge in [-0.3, -0.25) is 18.6 Å². The zero-order valence-corrected chi connectivity index (χ0v) is 34.0. The lowest BCUT2D eigenvalue weighted by Gasteiger charge is -2.24. The third kappa shape index (κ3) is 36.5. The van der Waals surface area contributed by atoms with Crippen molar-refractivity contribution in [2.45, 2.75) is 187 Å². The summed E-state index contributed by atoms with van der Waals surface area (Å²) in [6, 6.07) is 0. The van der Waals surface area contributed by atoms with Gasteiger partial charge in [0.15, 0.2) is 6.10 Å². The second kappa shape index (κ2) is 33.6. The summed E-state index contributed by atoms with van der Waals surface area (Å²) in [5, 5.41) is 0. The molecule has 50 heavy (non-hydrogen) atoms. The van der Waals surface area contributed by atoms with Crippen LogP contribution in [0.1, 0.15) is 181 Å². The van der Waals surface area contributed by atoms with Gasteiger partial charge in [0.1, 0.15) is 19.8 Å². The van der Waals surface area contributed by atoms with Crippen LogP contribution < -0.4 is 0 Å². The van der Waals surface area contributed by atoms with E-state index in [1.807, 2.05) is 21.1 Å². The number of carbonyl (C=O) groups is 2. The van der Waals surface area contributed by atoms with Crippen molar-refractivity contribution in [2.24, 2.45) is 0 Å². The minimum atomic E-state index is -4.36. The number of hydrogen-bond acceptors (Lipinski definition) is 7. The molecular formula is C40H79NO8P+. The average Bonchev–Trinajstić information content (AvgIpc) is 3.06. The Balaban J connectivity index is 4.39. The molecule has 2 atom stereocenters. The normalized spacial score (nSPS) is 13.8. The van der Waals surface area contributed by atoms with E-state index >= 15 is 0 Å². The minimum absolute atomic E-state index is 0.0336. The van der Waals surface area contributed by atoms with Crippen LogP contribution in [0.25, 0.3) is 0 Å². The van der Waals surface area contributed by atoms with E-state index < -0.39 is 26.5 Å². The van der Waals surface area contributed by atoms with Gasteiger partial charge in [0.2, 0.25) is 0 Å². The number of phosphoric ester groups is 1. The van der Waals surface area contributed by atoms with E-state index in [1.54, 1.807) is 0 Å². The van der Waals surface area contributed by atoms with Crippen molar-refractivity contribution in [1.29, 1.82) is 0 Å². The van der Waals surface area contributed by atoms with Gasteiger partial charge in [-0.05, 0) is 38.5 Å². The number of hydrogen-bond donors (Lipinski definition) is 1. The van der Waals surface area contributed by atoms with E-state index in [1.165, 1.54) is 103 Å². The molecule has 0 aliphatic heterocycles. The van der Waals surface area contributed by atoms with E-state index in [4.69, 9.17) is 18.5 Å². The van der Waals surface area contributed by atoms with Crippen molar-refractivity contribution < 1.29 is 42.1 Å². The predicted molar refractivity (Wildman–Crippen MR) is 206 cm³/mol. The lowest BCUT2D eigenvalue weighted by molar-refractivity contribution is -0.870. The van der Waals surface area contributed by atoms with Crippen molar-refractivity contribution in [2.75, 3.05) is 47.5 Å². The van der Waals surface area contributed by atoms with E-state index in [0.29, 0.717) is 23.9 Å². The number of likely N-dealkylation sites (N-methyl/N-ethyl adjacent to an activating group) is 1. The molecule has 9 nitrogen and oxygen atoms in total. The Bertz CT molecular complexity index is 876. The lowest BCUT2D eigenvalue weighted by Crippen LogP contribution is -2.37. The van der Waals surface area contributed by atoms with Crippen LogP contribution in [0.3, 0.4) is 0 Å². The van der Waals surface area contributed by atoms with Crippen LogP contribution in [0.15, 0.2) is 12.2 Å². The first-order valence-corrected chi connectivity index (χ1v) is 21.9. The highest BCUT2D eigenvalue weighted by molar-refractivity contribution is 7.47. The van der Waals surface area contributed by atoms with Gasteiger partial charge in [-0.2, -0.15) is 0 Å². The van der Waals surface area contributed by atoms with Crippen molar-refractivity contribution in [3.05, 3.63) is 12.2 Å². The summed E-state index contributed by atoms with van der Waals surface area (Å²) in [5.74, 6) is -0.799. The molecule has 0 amide bonds. The first-order chi connectivity index (χ1) is 24.0. The SMILES string of the molecule is CCCCCC/C=C\CCCCCCCCCC(=O)O[C@H](COC(=O)CCCCCCCCCCCCC)COP(=O)(O)OCC[N+](C)(C)C. The number of allylic oxidation sites excluding steroid dienone is 2. The van der Waals surface area contributed by atoms with Crippen LogP contribution in [0.4, 0.5) is 0 Å². The second-order valence-electron chi connectivity index (χ2n) is 15.0. The van der Waals surface area contributed by atoms with Crippen molar-refractivity contribution >= 4 is 19.8 Å². The number of ether oxygens (including phenoxy) is 2. The topological polar surface area (TPSA) is 108 Å². The number of nitrogens with zero attached hydrogens (tertiary/aromatic N) is 1. The highest BCUT2D eigenvalue weighted by Crippen LogP contribution is 2.43. The minimum Gasteiger partial charge on any atom is -0.462 e. The standard InChI is InChI=1S/C40H78NO8P/c1-6-8-10-12-14-16-18-19-20-21-23-25-27-29-31-33-40(43)49-38(37-48-50(44,45)47-35-34-41(3,4)5)36-46-39(42)32-30-28-26-24-22-17-15-13-11-9-7-2/h16,18,38H,6-15,17,19-37H2,1-5H3/p+1/b18-16-/t38-/m1/s1. The summed E-state index contributed by atoms with van der Waals surface area (Å²) < 4.78 is 34.2. The third-order valence-corrected chi connectivity index (χ3v) is 9.78. The molecule has 1 unspecified atom stereocenters. The summed E-state index contributed by atoms with van der Waals surface area (Å²) in [6.07, 6.45) is 32.5. The number of rotatable bonds is 37. The number of carbonyl (C=O) groups excluding carboxylic acids is 2. The van der Waals surface area contributed by atoms with Gasteiger partial charge in [-0.15, -0.1) is 0 Å². The molecule has 0 aromatic heterocycles. The van der Waals surface area contributed by atoms with Crippen molar-refractivity contribution in [1.82, 2.24) is 0 Å². The predicted octanol–water partition coefficient (Wildman–Crippen LogP) is 11.0. The molecule has 0 radical (unpaired) electrons. The van der Waals surface area contributed by atoms with Crippen LogP contribution in [-0.4, -0.2) is 74.9 Å². The molecule has 0 aromatic carbocycles. The highest BCUT2D eigenvalue weighted by atomic mass is 31.2. The summed E-state index contributed by atoms with van der Waals surface area (Å²) in [7, 11) is 1.48. The first-order valence-electron chi connectivity index (χ1n) is 20.4. The fourth-order valence-corrected chi connectivity index (χ4v) is 6.28. The molecule has 0 saturated carbocycles. The smallest absolute Gasteiger partial charge is 0.462 e. The van der Waals surface area contributed by atoms with E-state index in [0.717, 1.165) is 44.9 Å². The fourth-order valence-electron chi connectivity index (χ4n) is 5.54. The van der Waals surface area contributed by atoms with Crippen LogP contribution in [0.5, 0.6) is 0 Å². The van der Waals surface area contributed by atoms with Crippen LogP contribution in [-0.2, 0) is 32.7 Å². The highest BCUT2D eigenvalue weighted by Gasteiger charge is 2.27. The fraction of sp³-hybridized carbons (Fsp3) is 0.900. The molecule has 0 aliphatic carbocycles. The molecule has 0 saturated heterocycles. The molecule has 0 aliphatic rings. The maximum Gasteiger partial charge on any atom is 0.472 e. The molecule has 0 heterocycles. The third-order valence-electron chi connectivity index (χ3n) is 8.80. The number of unbranched alkanes of at least 4 members (excludes halogenated alkanes) is 21. The van der Waals surface area contributed by atoms with Gasteiger partial charge in [0.05, 0.1) is 27.7 Å². The van der Waals surface area contributed by atoms with Crippen molar-refractivity contribution in [3.63, 3.8) is 0 Å². The molecule has 0 rings (SSSR count). The van der Waals surface area contributed by atoms with Gasteiger partial charge < -0.3 is 18.9 Å². The summed E-state index contributed by atoms with van der Waals surface area (Å²) in [5.41, 5.74) is 0. The van der Waals surface area contributed by atoms with Crippen LogP contribution in [0.2, 0.25) is 0 Å². The molecule has 296 valence electrons. The van der Waals surface area contributed by atoms with Gasteiger partial charge >= 0.3 is 19.8 Å². The Morgan fingerprint density at radius 3 is 1.50 bits per heavy atom. The van der Waals surface area contributed by atoms with Gasteiger partial charge in [0.25, 0.3) is 0 Å². The molecule has 0 bridgehead atoms. The van der Waals surface area contributed by atoms with E-state index in [2.05, 4.69) is 26.0 Å². The molecule has 10 heteroatoms. The Morgan fingerprint density at radius 1 is 0.600 bits per heavy atom. The number of esters is 2. The Labute approximate surface area is 307 Å². The summed E-state index contributed by atoms with van der Waals surface area (Å²) in [6.45, 7) is 4.40. The summed E-state index contributed by atoms with van der Waals surface area (Å²) in [4.78, 5) is 35.2. The molecule has 0 aromatic rings. The van der Waals surface area contributed by atoms with Gasteiger partial charge in [-0.25, -0.2) is 4.57 Å². The lowest BCUT2D eigenvalue weighted by atomic mass is 10.1. The monoisotopic (exact) mass is 733 g/mol. The van der Waals surface area contributed by atoms with Crippen LogP contribution in [0, 0.1) is 0 Å². The Kier molecular flexibility index (Phi) is 32.7. The first kappa shape index (κ1) is 48.8. The average molecular weight is 733 g/mol. The zero-order chi connectivity index (χ0) is 37.2. The number of phosphoric acid groups is 1. The van der Waals surface area contributed by atoms with E-state index in [-0.39, 0.29) is 25.6 Å². The van der Waals surface area contributed by atoms with Crippen molar-refractivity contribution in [3.8, 4) is 0 Å². The molecule has 1 N–H and O–H groups in total.